The first kappa shape index (κ1) is 14.2. The monoisotopic (exact) mass is 336 g/mol. The average molecular weight is 337 g/mol. The van der Waals surface area contributed by atoms with Gasteiger partial charge in [0.25, 0.3) is 5.91 Å². The molecule has 7 heteroatoms. The summed E-state index contributed by atoms with van der Waals surface area (Å²) in [6.45, 7) is 1.56. The predicted molar refractivity (Wildman–Crippen MR) is 85.5 cm³/mol. The summed E-state index contributed by atoms with van der Waals surface area (Å²) >= 11 is 7.27. The van der Waals surface area contributed by atoms with Gasteiger partial charge in [-0.2, -0.15) is 0 Å². The van der Waals surface area contributed by atoms with Crippen LogP contribution in [0.1, 0.15) is 53.1 Å². The average Bonchev–Trinajstić information content (AvgIpc) is 3.10. The molecular formula is C15H17ClN4OS. The Morgan fingerprint density at radius 2 is 2.00 bits per heavy atom. The minimum absolute atomic E-state index is 0.0986. The Morgan fingerprint density at radius 1 is 1.23 bits per heavy atom. The number of hydrogen-bond acceptors (Lipinski definition) is 4. The fraction of sp³-hybridized carbons (Fsp3) is 0.533. The van der Waals surface area contributed by atoms with Crippen molar-refractivity contribution < 1.29 is 4.79 Å². The van der Waals surface area contributed by atoms with Crippen LogP contribution in [-0.2, 0) is 0 Å². The van der Waals surface area contributed by atoms with E-state index in [9.17, 15) is 4.79 Å². The van der Waals surface area contributed by atoms with E-state index in [1.165, 1.54) is 24.2 Å². The van der Waals surface area contributed by atoms with Crippen LogP contribution < -0.4 is 0 Å². The van der Waals surface area contributed by atoms with Crippen LogP contribution >= 0.6 is 22.9 Å². The number of likely N-dealkylation sites (tertiary alicyclic amines) is 1. The van der Waals surface area contributed by atoms with Gasteiger partial charge in [0.2, 0.25) is 0 Å². The normalized spacial score (nSPS) is 19.6. The van der Waals surface area contributed by atoms with E-state index in [0.29, 0.717) is 16.3 Å². The Kier molecular flexibility index (Phi) is 3.66. The molecule has 1 aliphatic carbocycles. The summed E-state index contributed by atoms with van der Waals surface area (Å²) in [7, 11) is 0. The van der Waals surface area contributed by atoms with Crippen molar-refractivity contribution in [2.24, 2.45) is 0 Å². The fourth-order valence-electron chi connectivity index (χ4n) is 3.10. The largest absolute Gasteiger partial charge is 0.338 e. The highest BCUT2D eigenvalue weighted by Gasteiger charge is 2.32. The Balaban J connectivity index is 1.42. The number of carbonyl (C=O) groups is 1. The molecule has 0 atom stereocenters. The maximum absolute atomic E-state index is 12.4. The van der Waals surface area contributed by atoms with Crippen LogP contribution in [0.15, 0.2) is 18.5 Å². The highest BCUT2D eigenvalue weighted by molar-refractivity contribution is 7.17. The van der Waals surface area contributed by atoms with Gasteiger partial charge in [0, 0.05) is 25.0 Å². The number of hydrogen-bond donors (Lipinski definition) is 0. The number of thiophene rings is 1. The maximum atomic E-state index is 12.4. The van der Waals surface area contributed by atoms with Gasteiger partial charge >= 0.3 is 0 Å². The molecule has 0 spiro atoms. The topological polar surface area (TPSA) is 51.0 Å². The van der Waals surface area contributed by atoms with Gasteiger partial charge in [-0.3, -0.25) is 4.79 Å². The zero-order valence-electron chi connectivity index (χ0n) is 12.1. The van der Waals surface area contributed by atoms with Crippen LogP contribution in [0, 0.1) is 0 Å². The van der Waals surface area contributed by atoms with Crippen LogP contribution in [-0.4, -0.2) is 38.7 Å². The maximum Gasteiger partial charge on any atom is 0.263 e. The smallest absolute Gasteiger partial charge is 0.263 e. The summed E-state index contributed by atoms with van der Waals surface area (Å²) in [6.07, 6.45) is 6.24. The lowest BCUT2D eigenvalue weighted by Gasteiger charge is -2.32. The number of halogens is 1. The van der Waals surface area contributed by atoms with E-state index in [2.05, 4.69) is 14.8 Å². The molecule has 1 aliphatic heterocycles. The van der Waals surface area contributed by atoms with Gasteiger partial charge in [0.15, 0.2) is 0 Å². The van der Waals surface area contributed by atoms with Gasteiger partial charge in [0.1, 0.15) is 12.2 Å². The second-order valence-electron chi connectivity index (χ2n) is 6.00. The highest BCUT2D eigenvalue weighted by atomic mass is 35.5. The molecule has 2 aromatic heterocycles. The van der Waals surface area contributed by atoms with Crippen molar-refractivity contribution in [2.45, 2.75) is 37.6 Å². The van der Waals surface area contributed by atoms with Crippen molar-refractivity contribution in [3.63, 3.8) is 0 Å². The van der Waals surface area contributed by atoms with Crippen LogP contribution in [0.2, 0.25) is 4.34 Å². The Hall–Kier alpha value is -1.40. The van der Waals surface area contributed by atoms with E-state index in [0.717, 1.165) is 36.6 Å². The second-order valence-corrected chi connectivity index (χ2v) is 7.71. The lowest BCUT2D eigenvalue weighted by Crippen LogP contribution is -2.38. The molecule has 0 bridgehead atoms. The quantitative estimate of drug-likeness (QED) is 0.863. The lowest BCUT2D eigenvalue weighted by molar-refractivity contribution is 0.0698. The summed E-state index contributed by atoms with van der Waals surface area (Å²) in [4.78, 5) is 15.1. The molecule has 2 aliphatic rings. The minimum atomic E-state index is 0.0986. The molecule has 0 N–H and O–H groups in total. The Bertz CT molecular complexity index is 685. The van der Waals surface area contributed by atoms with Crippen molar-refractivity contribution in [3.8, 4) is 0 Å². The second kappa shape index (κ2) is 5.66. The predicted octanol–water partition coefficient (Wildman–Crippen LogP) is 3.35. The van der Waals surface area contributed by atoms with Crippen molar-refractivity contribution in [3.05, 3.63) is 33.5 Å². The number of amides is 1. The first-order valence-electron chi connectivity index (χ1n) is 7.66. The molecule has 5 nitrogen and oxygen atoms in total. The van der Waals surface area contributed by atoms with Gasteiger partial charge in [0.05, 0.1) is 9.21 Å². The molecule has 116 valence electrons. The minimum Gasteiger partial charge on any atom is -0.338 e. The van der Waals surface area contributed by atoms with E-state index < -0.39 is 0 Å². The van der Waals surface area contributed by atoms with Crippen molar-refractivity contribution in [1.82, 2.24) is 19.7 Å². The van der Waals surface area contributed by atoms with Crippen LogP contribution in [0.3, 0.4) is 0 Å². The zero-order valence-corrected chi connectivity index (χ0v) is 13.7. The van der Waals surface area contributed by atoms with Gasteiger partial charge in [-0.1, -0.05) is 11.6 Å². The van der Waals surface area contributed by atoms with Crippen LogP contribution in [0.5, 0.6) is 0 Å². The van der Waals surface area contributed by atoms with Crippen LogP contribution in [0.4, 0.5) is 0 Å². The molecule has 2 fully saturated rings. The molecule has 1 saturated heterocycles. The van der Waals surface area contributed by atoms with Gasteiger partial charge in [-0.15, -0.1) is 21.5 Å². The first-order valence-corrected chi connectivity index (χ1v) is 8.86. The van der Waals surface area contributed by atoms with Gasteiger partial charge in [-0.25, -0.2) is 0 Å². The molecule has 22 heavy (non-hydrogen) atoms. The number of carbonyl (C=O) groups excluding carboxylic acids is 1. The number of aromatic nitrogens is 3. The molecule has 4 rings (SSSR count). The van der Waals surface area contributed by atoms with E-state index in [4.69, 9.17) is 11.6 Å². The summed E-state index contributed by atoms with van der Waals surface area (Å²) in [6, 6.07) is 4.01. The van der Waals surface area contributed by atoms with Gasteiger partial charge < -0.3 is 9.47 Å². The Morgan fingerprint density at radius 3 is 2.64 bits per heavy atom. The van der Waals surface area contributed by atoms with Crippen molar-refractivity contribution in [1.29, 1.82) is 0 Å². The third-order valence-electron chi connectivity index (χ3n) is 4.47. The van der Waals surface area contributed by atoms with E-state index in [-0.39, 0.29) is 5.91 Å². The molecule has 2 aromatic rings. The summed E-state index contributed by atoms with van der Waals surface area (Å²) in [5.41, 5.74) is 0. The fourth-order valence-corrected chi connectivity index (χ4v) is 4.11. The molecule has 3 heterocycles. The summed E-state index contributed by atoms with van der Waals surface area (Å²) < 4.78 is 2.90. The van der Waals surface area contributed by atoms with Crippen molar-refractivity contribution >= 4 is 28.8 Å². The number of piperidine rings is 1. The summed E-state index contributed by atoms with van der Waals surface area (Å²) in [5.74, 6) is 1.84. The lowest BCUT2D eigenvalue weighted by atomic mass is 10.0. The van der Waals surface area contributed by atoms with Gasteiger partial charge in [-0.05, 0) is 37.8 Å². The molecule has 1 amide bonds. The van der Waals surface area contributed by atoms with E-state index in [1.807, 2.05) is 17.3 Å². The molecule has 1 saturated carbocycles. The zero-order chi connectivity index (χ0) is 15.1. The number of rotatable bonds is 3. The number of nitrogens with zero attached hydrogens (tertiary/aromatic N) is 4. The van der Waals surface area contributed by atoms with Crippen molar-refractivity contribution in [2.75, 3.05) is 13.1 Å². The molecule has 0 radical (unpaired) electrons. The molecule has 0 aromatic carbocycles. The standard InChI is InChI=1S/C15H17ClN4OS/c16-13-4-3-12(22-13)15(21)19-7-5-11(6-8-19)20-9-17-18-14(20)10-1-2-10/h3-4,9-11H,1-2,5-8H2. The third-order valence-corrected chi connectivity index (χ3v) is 5.69. The van der Waals surface area contributed by atoms with E-state index in [1.54, 1.807) is 6.07 Å². The first-order chi connectivity index (χ1) is 10.7. The molecular weight excluding hydrogens is 320 g/mol. The van der Waals surface area contributed by atoms with Crippen LogP contribution in [0.25, 0.3) is 0 Å². The SMILES string of the molecule is O=C(c1ccc(Cl)s1)N1CCC(n2cnnc2C2CC2)CC1. The summed E-state index contributed by atoms with van der Waals surface area (Å²) in [5, 5.41) is 8.36. The molecule has 0 unspecified atom stereocenters. The van der Waals surface area contributed by atoms with E-state index >= 15 is 0 Å². The Labute approximate surface area is 137 Å². The third kappa shape index (κ3) is 2.65. The highest BCUT2D eigenvalue weighted by Crippen LogP contribution is 2.40.